The van der Waals surface area contributed by atoms with Crippen molar-refractivity contribution in [1.82, 2.24) is 5.32 Å². The molecule has 1 heterocycles. The van der Waals surface area contributed by atoms with Crippen LogP contribution in [0.3, 0.4) is 0 Å². The second kappa shape index (κ2) is 31.1. The van der Waals surface area contributed by atoms with E-state index in [2.05, 4.69) is 59.8 Å². The maximum absolute atomic E-state index is 13.0. The van der Waals surface area contributed by atoms with Crippen molar-refractivity contribution in [2.75, 3.05) is 13.2 Å². The molecule has 13 nitrogen and oxygen atoms in total. The van der Waals surface area contributed by atoms with Crippen LogP contribution < -0.4 is 5.32 Å². The molecule has 1 rings (SSSR count). The Bertz CT molecular complexity index is 1180. The summed E-state index contributed by atoms with van der Waals surface area (Å²) in [5.41, 5.74) is 0. The molecule has 1 saturated heterocycles. The molecule has 0 aliphatic carbocycles. The highest BCUT2D eigenvalue weighted by Gasteiger charge is 2.48. The van der Waals surface area contributed by atoms with E-state index in [-0.39, 0.29) is 6.42 Å². The average molecular weight is 790 g/mol. The van der Waals surface area contributed by atoms with E-state index in [4.69, 9.17) is 14.0 Å². The highest BCUT2D eigenvalue weighted by atomic mass is 32.3. The lowest BCUT2D eigenvalue weighted by atomic mass is 9.99. The summed E-state index contributed by atoms with van der Waals surface area (Å²) in [6.45, 7) is 3.09. The second-order valence-corrected chi connectivity index (χ2v) is 15.0. The van der Waals surface area contributed by atoms with Gasteiger partial charge in [-0.1, -0.05) is 114 Å². The van der Waals surface area contributed by atoms with Crippen molar-refractivity contribution in [3.05, 3.63) is 48.6 Å². The molecule has 0 aromatic heterocycles. The molecule has 1 fully saturated rings. The van der Waals surface area contributed by atoms with Crippen molar-refractivity contribution < 1.29 is 57.0 Å². The van der Waals surface area contributed by atoms with Crippen LogP contribution in [0.1, 0.15) is 136 Å². The van der Waals surface area contributed by atoms with Crippen molar-refractivity contribution in [3.63, 3.8) is 0 Å². The minimum absolute atomic E-state index is 0.217. The minimum Gasteiger partial charge on any atom is -0.394 e. The molecule has 0 saturated carbocycles. The third-order valence-corrected chi connectivity index (χ3v) is 9.63. The van der Waals surface area contributed by atoms with Crippen LogP contribution in [-0.4, -0.2) is 107 Å². The molecular weight excluding hydrogens is 719 g/mol. The predicted octanol–water partition coefficient (Wildman–Crippen LogP) is 5.51. The Morgan fingerprint density at radius 3 is 1.80 bits per heavy atom. The molecule has 7 N–H and O–H groups in total. The van der Waals surface area contributed by atoms with Gasteiger partial charge in [-0.2, -0.15) is 8.42 Å². The Balaban J connectivity index is 2.75. The van der Waals surface area contributed by atoms with Crippen LogP contribution in [0.15, 0.2) is 48.6 Å². The fourth-order valence-corrected chi connectivity index (χ4v) is 6.40. The smallest absolute Gasteiger partial charge is 0.394 e. The second-order valence-electron chi connectivity index (χ2n) is 14.0. The first-order chi connectivity index (χ1) is 25.9. The lowest BCUT2D eigenvalue weighted by Gasteiger charge is -2.41. The minimum atomic E-state index is -5.12. The number of nitrogens with one attached hydrogen (secondary N) is 1. The largest absolute Gasteiger partial charge is 0.397 e. The van der Waals surface area contributed by atoms with Gasteiger partial charge in [-0.15, -0.1) is 0 Å². The van der Waals surface area contributed by atoms with Crippen LogP contribution in [0, 0.1) is 0 Å². The molecule has 314 valence electrons. The van der Waals surface area contributed by atoms with Crippen molar-refractivity contribution >= 4 is 16.3 Å². The van der Waals surface area contributed by atoms with Gasteiger partial charge in [0, 0.05) is 0 Å². The van der Waals surface area contributed by atoms with Crippen molar-refractivity contribution in [2.45, 2.75) is 185 Å². The molecule has 0 radical (unpaired) electrons. The molecule has 14 heteroatoms. The third-order valence-electron chi connectivity index (χ3n) is 9.17. The molecule has 0 aromatic carbocycles. The van der Waals surface area contributed by atoms with Gasteiger partial charge in [0.1, 0.15) is 30.5 Å². The summed E-state index contributed by atoms with van der Waals surface area (Å²) < 4.78 is 47.3. The number of amides is 1. The highest BCUT2D eigenvalue weighted by Crippen LogP contribution is 2.26. The van der Waals surface area contributed by atoms with Gasteiger partial charge in [0.05, 0.1) is 25.4 Å². The predicted molar refractivity (Wildman–Crippen MR) is 210 cm³/mol. The SMILES string of the molecule is CCCCC/C=C\CCCCCCC(O)C(=O)NC(COC1OC(CO)C(O)C(OS(=O)(=O)O)C1O)C(O)/C=C/CC/C=C/CC/C=C/CCCCCC. The monoisotopic (exact) mass is 789 g/mol. The van der Waals surface area contributed by atoms with Crippen LogP contribution in [-0.2, 0) is 28.9 Å². The molecule has 0 bridgehead atoms. The Hall–Kier alpha value is -1.98. The maximum Gasteiger partial charge on any atom is 0.397 e. The Morgan fingerprint density at radius 1 is 0.741 bits per heavy atom. The van der Waals surface area contributed by atoms with Gasteiger partial charge in [-0.3, -0.25) is 9.35 Å². The van der Waals surface area contributed by atoms with Crippen LogP contribution in [0.5, 0.6) is 0 Å². The number of ether oxygens (including phenoxy) is 2. The van der Waals surface area contributed by atoms with Gasteiger partial charge in [-0.05, 0) is 70.6 Å². The number of unbranched alkanes of at least 4 members (excludes halogenated alkanes) is 13. The van der Waals surface area contributed by atoms with E-state index in [9.17, 15) is 38.7 Å². The number of allylic oxidation sites excluding steroid dienone is 7. The van der Waals surface area contributed by atoms with E-state index in [0.29, 0.717) is 12.8 Å². The summed E-state index contributed by atoms with van der Waals surface area (Å²) in [4.78, 5) is 13.0. The van der Waals surface area contributed by atoms with Gasteiger partial charge in [0.2, 0.25) is 5.91 Å². The first kappa shape index (κ1) is 50.0. The summed E-state index contributed by atoms with van der Waals surface area (Å²) in [5.74, 6) is -0.731. The fourth-order valence-electron chi connectivity index (χ4n) is 5.90. The quantitative estimate of drug-likeness (QED) is 0.0255. The van der Waals surface area contributed by atoms with Gasteiger partial charge < -0.3 is 40.3 Å². The zero-order chi connectivity index (χ0) is 40.0. The number of rotatable bonds is 32. The summed E-state index contributed by atoms with van der Waals surface area (Å²) in [5, 5.41) is 54.8. The van der Waals surface area contributed by atoms with Crippen molar-refractivity contribution in [1.29, 1.82) is 0 Å². The number of aliphatic hydroxyl groups is 5. The normalized spacial score (nSPS) is 22.9. The molecule has 0 aromatic rings. The van der Waals surface area contributed by atoms with Crippen LogP contribution in [0.25, 0.3) is 0 Å². The molecule has 0 spiro atoms. The summed E-state index contributed by atoms with van der Waals surface area (Å²) >= 11 is 0. The molecule has 1 aliphatic rings. The molecule has 8 atom stereocenters. The van der Waals surface area contributed by atoms with E-state index in [0.717, 1.165) is 57.8 Å². The summed E-state index contributed by atoms with van der Waals surface area (Å²) in [6, 6.07) is -1.15. The third kappa shape index (κ3) is 23.8. The zero-order valence-corrected chi connectivity index (χ0v) is 33.4. The lowest BCUT2D eigenvalue weighted by molar-refractivity contribution is -0.298. The number of carbonyl (C=O) groups is 1. The molecule has 8 unspecified atom stereocenters. The van der Waals surface area contributed by atoms with Gasteiger partial charge in [0.25, 0.3) is 0 Å². The highest BCUT2D eigenvalue weighted by molar-refractivity contribution is 7.80. The van der Waals surface area contributed by atoms with Gasteiger partial charge >= 0.3 is 10.4 Å². The van der Waals surface area contributed by atoms with Crippen LogP contribution >= 0.6 is 0 Å². The summed E-state index contributed by atoms with van der Waals surface area (Å²) in [7, 11) is -5.12. The Kier molecular flexibility index (Phi) is 28.9. The zero-order valence-electron chi connectivity index (χ0n) is 32.6. The van der Waals surface area contributed by atoms with Gasteiger partial charge in [0.15, 0.2) is 6.29 Å². The molecule has 54 heavy (non-hydrogen) atoms. The number of aliphatic hydroxyl groups excluding tert-OH is 5. The summed E-state index contributed by atoms with van der Waals surface area (Å²) in [6.07, 6.45) is 23.6. The fraction of sp³-hybridized carbons (Fsp3) is 0.775. The lowest BCUT2D eigenvalue weighted by Crippen LogP contribution is -2.61. The van der Waals surface area contributed by atoms with Crippen molar-refractivity contribution in [2.24, 2.45) is 0 Å². The Morgan fingerprint density at radius 2 is 1.24 bits per heavy atom. The van der Waals surface area contributed by atoms with E-state index in [1.165, 1.54) is 51.0 Å². The van der Waals surface area contributed by atoms with E-state index < -0.39 is 78.5 Å². The molecular formula is C40H71NO12S. The van der Waals surface area contributed by atoms with Crippen molar-refractivity contribution in [3.8, 4) is 0 Å². The van der Waals surface area contributed by atoms with Gasteiger partial charge in [-0.25, -0.2) is 4.18 Å². The number of hydrogen-bond acceptors (Lipinski definition) is 11. The Labute approximate surface area is 324 Å². The molecule has 1 aliphatic heterocycles. The van der Waals surface area contributed by atoms with E-state index in [1.54, 1.807) is 6.08 Å². The van der Waals surface area contributed by atoms with Crippen LogP contribution in [0.2, 0.25) is 0 Å². The number of carbonyl (C=O) groups excluding carboxylic acids is 1. The van der Waals surface area contributed by atoms with Crippen LogP contribution in [0.4, 0.5) is 0 Å². The van der Waals surface area contributed by atoms with E-state index >= 15 is 0 Å². The van der Waals surface area contributed by atoms with E-state index in [1.807, 2.05) is 0 Å². The standard InChI is InChI=1S/C40H71NO12S/c1-3-5-7-9-11-13-15-16-17-19-20-22-24-26-28-33(43)32(31-51-40-37(46)38(53-54(48,49)50)36(45)35(30-42)52-40)41-39(47)34(44)29-27-25-23-21-18-14-12-10-8-6-4-2/h12-15,19-20,26,28,32-38,40,42-46H,3-11,16-18,21-25,27,29-31H2,1-2H3,(H,41,47)(H,48,49,50)/b14-12-,15-13+,20-19+,28-26+. The average Bonchev–Trinajstić information content (AvgIpc) is 3.14. The maximum atomic E-state index is 13.0. The first-order valence-electron chi connectivity index (χ1n) is 20.1. The topological polar surface area (TPSA) is 212 Å². The number of hydrogen-bond donors (Lipinski definition) is 7. The molecule has 1 amide bonds. The first-order valence-corrected chi connectivity index (χ1v) is 21.5.